The molecule has 0 amide bonds. The molecule has 14 nitrogen and oxygen atoms in total. The van der Waals surface area contributed by atoms with E-state index in [1.165, 1.54) is 0 Å². The van der Waals surface area contributed by atoms with Crippen molar-refractivity contribution in [1.82, 2.24) is 15.0 Å². The Balaban J connectivity index is 3.08. The van der Waals surface area contributed by atoms with E-state index in [2.05, 4.69) is 0 Å². The Hall–Kier alpha value is -2.21. The van der Waals surface area contributed by atoms with Crippen LogP contribution < -0.4 is 0 Å². The molecule has 1 saturated heterocycles. The number of hydrogen-bond donors (Lipinski definition) is 0. The summed E-state index contributed by atoms with van der Waals surface area (Å²) in [5.74, 6) is 0. The van der Waals surface area contributed by atoms with Crippen LogP contribution in [0.2, 0.25) is 0 Å². The molecule has 132 valence electrons. The van der Waals surface area contributed by atoms with Gasteiger partial charge in [0.05, 0.1) is 6.10 Å². The minimum Gasteiger partial charge on any atom is -0.371 e. The van der Waals surface area contributed by atoms with Gasteiger partial charge in [0, 0.05) is 0 Å². The molecular weight excluding hydrogens is 339 g/mol. The predicted molar refractivity (Wildman–Crippen MR) is 74.7 cm³/mol. The van der Waals surface area contributed by atoms with Crippen LogP contribution in [0.25, 0.3) is 0 Å². The molecule has 1 aliphatic rings. The minimum atomic E-state index is -3.52. The monoisotopic (exact) mass is 356 g/mol. The third-order valence-corrected chi connectivity index (χ3v) is 5.13. The number of hydrogen-bond acceptors (Lipinski definition) is 8. The zero-order valence-corrected chi connectivity index (χ0v) is 13.4. The topological polar surface area (TPSA) is 165 Å². The number of nitrogens with zero attached hydrogens (tertiary/aromatic N) is 6. The molecule has 0 aliphatic carbocycles. The van der Waals surface area contributed by atoms with Crippen molar-refractivity contribution in [2.45, 2.75) is 20.0 Å². The molecule has 0 radical (unpaired) electrons. The van der Waals surface area contributed by atoms with Crippen LogP contribution in [-0.2, 0) is 9.30 Å². The summed E-state index contributed by atoms with van der Waals surface area (Å²) >= 11 is 0. The van der Waals surface area contributed by atoms with E-state index in [9.17, 15) is 34.9 Å². The molecule has 1 fully saturated rings. The number of rotatable bonds is 6. The van der Waals surface area contributed by atoms with Gasteiger partial charge >= 0.3 is 0 Å². The van der Waals surface area contributed by atoms with E-state index in [1.54, 1.807) is 13.8 Å². The van der Waals surface area contributed by atoms with E-state index in [0.717, 1.165) is 0 Å². The maximum atomic E-state index is 12.8. The first-order valence-electron chi connectivity index (χ1n) is 6.40. The molecule has 0 spiro atoms. The van der Waals surface area contributed by atoms with Crippen molar-refractivity contribution < 1.29 is 24.4 Å². The first kappa shape index (κ1) is 18.8. The van der Waals surface area contributed by atoms with Crippen LogP contribution in [0.15, 0.2) is 0 Å². The molecule has 1 aliphatic heterocycles. The van der Waals surface area contributed by atoms with E-state index >= 15 is 0 Å². The third kappa shape index (κ3) is 5.49. The van der Waals surface area contributed by atoms with E-state index < -0.39 is 54.5 Å². The fourth-order valence-corrected chi connectivity index (χ4v) is 4.23. The van der Waals surface area contributed by atoms with Crippen LogP contribution in [-0.4, -0.2) is 68.5 Å². The lowest BCUT2D eigenvalue weighted by molar-refractivity contribution is -0.735. The number of hydrazine groups is 3. The molecular formula is C8H17N6O8P. The van der Waals surface area contributed by atoms with E-state index in [1.807, 2.05) is 0 Å². The van der Waals surface area contributed by atoms with Gasteiger partial charge in [-0.2, -0.15) is 0 Å². The standard InChI is InChI=1S/C8H17N6O8P/c1-8(2)22-7-23(21)5-10(13(17)18)3-9(12(15)16)4-11(6-23)14(19)20/h8H,3-7H2,1-2H3. The normalized spacial score (nSPS) is 18.5. The minimum absolute atomic E-state index is 0.304. The van der Waals surface area contributed by atoms with Gasteiger partial charge in [0.25, 0.3) is 0 Å². The molecule has 0 aromatic rings. The molecule has 15 heteroatoms. The maximum absolute atomic E-state index is 12.8. The highest BCUT2D eigenvalue weighted by molar-refractivity contribution is 7.63. The molecule has 0 bridgehead atoms. The van der Waals surface area contributed by atoms with Crippen LogP contribution >= 0.6 is 7.14 Å². The Morgan fingerprint density at radius 2 is 1.35 bits per heavy atom. The molecule has 0 aromatic heterocycles. The summed E-state index contributed by atoms with van der Waals surface area (Å²) in [5, 5.41) is 31.2. The van der Waals surface area contributed by atoms with Crippen molar-refractivity contribution in [3.05, 3.63) is 30.3 Å². The average molecular weight is 356 g/mol. The Bertz CT molecular complexity index is 499. The first-order chi connectivity index (χ1) is 10.5. The number of ether oxygens (including phenoxy) is 1. The fourth-order valence-electron chi connectivity index (χ4n) is 1.83. The van der Waals surface area contributed by atoms with Crippen LogP contribution in [0.1, 0.15) is 13.8 Å². The summed E-state index contributed by atoms with van der Waals surface area (Å²) in [6, 6.07) is 0. The van der Waals surface area contributed by atoms with Gasteiger partial charge in [-0.1, -0.05) is 15.0 Å². The maximum Gasteiger partial charge on any atom is 0.210 e. The smallest absolute Gasteiger partial charge is 0.210 e. The van der Waals surface area contributed by atoms with Crippen molar-refractivity contribution in [2.24, 2.45) is 0 Å². The van der Waals surface area contributed by atoms with E-state index in [4.69, 9.17) is 4.74 Å². The quantitative estimate of drug-likeness (QED) is 0.358. The Morgan fingerprint density at radius 3 is 1.65 bits per heavy atom. The molecule has 0 saturated carbocycles. The van der Waals surface area contributed by atoms with Crippen LogP contribution in [0.4, 0.5) is 0 Å². The Kier molecular flexibility index (Phi) is 6.04. The van der Waals surface area contributed by atoms with Crippen molar-refractivity contribution in [2.75, 3.05) is 32.3 Å². The van der Waals surface area contributed by atoms with E-state index in [0.29, 0.717) is 15.0 Å². The summed E-state index contributed by atoms with van der Waals surface area (Å²) in [6.45, 7) is 1.63. The second-order valence-corrected chi connectivity index (χ2v) is 8.14. The first-order valence-corrected chi connectivity index (χ1v) is 8.67. The predicted octanol–water partition coefficient (Wildman–Crippen LogP) is 0.0567. The van der Waals surface area contributed by atoms with E-state index in [-0.39, 0.29) is 6.10 Å². The lowest BCUT2D eigenvalue weighted by Gasteiger charge is -2.30. The molecule has 23 heavy (non-hydrogen) atoms. The zero-order chi connectivity index (χ0) is 17.8. The highest BCUT2D eigenvalue weighted by atomic mass is 31.2. The van der Waals surface area contributed by atoms with Crippen LogP contribution in [0, 0.1) is 30.3 Å². The number of nitro groups is 3. The fraction of sp³-hybridized carbons (Fsp3) is 1.00. The van der Waals surface area contributed by atoms with Gasteiger partial charge in [-0.3, -0.25) is 0 Å². The van der Waals surface area contributed by atoms with Crippen molar-refractivity contribution in [3.63, 3.8) is 0 Å². The summed E-state index contributed by atoms with van der Waals surface area (Å²) in [5.41, 5.74) is 0. The van der Waals surface area contributed by atoms with Crippen LogP contribution in [0.3, 0.4) is 0 Å². The van der Waals surface area contributed by atoms with Crippen molar-refractivity contribution >= 4 is 7.14 Å². The van der Waals surface area contributed by atoms with Gasteiger partial charge in [-0.15, -0.1) is 0 Å². The van der Waals surface area contributed by atoms with Crippen LogP contribution in [0.5, 0.6) is 0 Å². The highest BCUT2D eigenvalue weighted by Crippen LogP contribution is 2.47. The van der Waals surface area contributed by atoms with Gasteiger partial charge in [0.15, 0.2) is 22.2 Å². The molecule has 0 unspecified atom stereocenters. The van der Waals surface area contributed by atoms with Crippen molar-refractivity contribution in [3.8, 4) is 0 Å². The second-order valence-electron chi connectivity index (χ2n) is 5.20. The molecule has 1 rings (SSSR count). The summed E-state index contributed by atoms with van der Waals surface area (Å²) in [6.07, 6.45) is -2.05. The molecule has 0 atom stereocenters. The molecule has 0 aromatic carbocycles. The lowest BCUT2D eigenvalue weighted by Crippen LogP contribution is -2.53. The Morgan fingerprint density at radius 1 is 0.957 bits per heavy atom. The van der Waals surface area contributed by atoms with Gasteiger partial charge in [-0.05, 0) is 13.8 Å². The van der Waals surface area contributed by atoms with Gasteiger partial charge in [-0.25, -0.2) is 30.3 Å². The molecule has 1 heterocycles. The SMILES string of the molecule is CC(C)OCP1(=O)CN([N+](=O)[O-])CN([N+](=O)[O-])CN([N+](=O)[O-])C1. The zero-order valence-electron chi connectivity index (χ0n) is 12.5. The van der Waals surface area contributed by atoms with Gasteiger partial charge in [0.2, 0.25) is 13.3 Å². The summed E-state index contributed by atoms with van der Waals surface area (Å²) in [4.78, 5) is 32.9. The largest absolute Gasteiger partial charge is 0.371 e. The third-order valence-electron chi connectivity index (χ3n) is 2.83. The van der Waals surface area contributed by atoms with Crippen molar-refractivity contribution in [1.29, 1.82) is 0 Å². The highest BCUT2D eigenvalue weighted by Gasteiger charge is 2.42. The second kappa shape index (κ2) is 7.37. The lowest BCUT2D eigenvalue weighted by atomic mass is 10.5. The Labute approximate surface area is 130 Å². The molecule has 0 N–H and O–H groups in total. The van der Waals surface area contributed by atoms with Gasteiger partial charge < -0.3 is 9.30 Å². The summed E-state index contributed by atoms with van der Waals surface area (Å²) < 4.78 is 18.0. The average Bonchev–Trinajstić information content (AvgIpc) is 2.39. The van der Waals surface area contributed by atoms with Gasteiger partial charge in [0.1, 0.15) is 18.9 Å². The summed E-state index contributed by atoms with van der Waals surface area (Å²) in [7, 11) is -3.52.